The number of nitrogens with one attached hydrogen (secondary N) is 1. The van der Waals surface area contributed by atoms with Gasteiger partial charge in [0.05, 0.1) is 12.8 Å². The predicted molar refractivity (Wildman–Crippen MR) is 138 cm³/mol. The number of aromatic nitrogens is 4. The zero-order valence-electron chi connectivity index (χ0n) is 20.7. The van der Waals surface area contributed by atoms with Crippen molar-refractivity contribution in [1.82, 2.24) is 30.4 Å². The number of likely N-dealkylation sites (tertiary alicyclic amines) is 1. The van der Waals surface area contributed by atoms with Gasteiger partial charge in [0, 0.05) is 54.2 Å². The molecule has 1 aliphatic rings. The Bertz CT molecular complexity index is 1260. The van der Waals surface area contributed by atoms with Crippen LogP contribution in [0.1, 0.15) is 29.3 Å². The number of methoxy groups -OCH3 is 1. The Morgan fingerprint density at radius 1 is 1.21 bits per heavy atom. The summed E-state index contributed by atoms with van der Waals surface area (Å²) in [5.74, 6) is -0.898. The summed E-state index contributed by atoms with van der Waals surface area (Å²) in [6.45, 7) is 1.28. The largest absolute Gasteiger partial charge is 0.496 e. The van der Waals surface area contributed by atoms with Crippen LogP contribution in [-0.4, -0.2) is 73.5 Å². The van der Waals surface area contributed by atoms with Crippen LogP contribution < -0.4 is 10.1 Å². The van der Waals surface area contributed by atoms with Crippen molar-refractivity contribution >= 4 is 29.1 Å². The molecule has 1 N–H and O–H groups in total. The highest BCUT2D eigenvalue weighted by Crippen LogP contribution is 2.31. The van der Waals surface area contributed by atoms with Gasteiger partial charge >= 0.3 is 6.18 Å². The van der Waals surface area contributed by atoms with Crippen LogP contribution in [0.5, 0.6) is 5.75 Å². The molecule has 9 nitrogen and oxygen atoms in total. The van der Waals surface area contributed by atoms with E-state index in [1.807, 2.05) is 30.3 Å². The molecule has 4 rings (SSSR count). The lowest BCUT2D eigenvalue weighted by Crippen LogP contribution is -2.50. The number of amides is 1. The van der Waals surface area contributed by atoms with Crippen LogP contribution in [-0.2, 0) is 28.3 Å². The van der Waals surface area contributed by atoms with Crippen LogP contribution in [0.15, 0.2) is 48.5 Å². The molecule has 0 aliphatic carbocycles. The summed E-state index contributed by atoms with van der Waals surface area (Å²) in [6.07, 6.45) is -2.55. The van der Waals surface area contributed by atoms with Crippen molar-refractivity contribution in [1.29, 1.82) is 0 Å². The summed E-state index contributed by atoms with van der Waals surface area (Å²) >= 11 is 0. The standard InChI is InChI=1S/C24H27F3N6O3S.ClH/c1-36-21-9-8-18(33-23(24(25,26)27)29-30-31-33)12-17(21)13-28-20-10-11-32(22(34)15-37(2)35)14-19(20)16-6-4-3-5-7-16;/h3-9,12,19-20,28H,10-11,13-15H2,1-2H3;1H/t19-,20-,37?;/m0./s1. The molecule has 1 saturated heterocycles. The summed E-state index contributed by atoms with van der Waals surface area (Å²) < 4.78 is 57.6. The molecule has 206 valence electrons. The Labute approximate surface area is 226 Å². The number of piperidine rings is 1. The molecule has 2 heterocycles. The lowest BCUT2D eigenvalue weighted by Gasteiger charge is -2.39. The fourth-order valence-electron chi connectivity index (χ4n) is 4.54. The van der Waals surface area contributed by atoms with Gasteiger partial charge in [0.25, 0.3) is 5.82 Å². The maximum Gasteiger partial charge on any atom is 0.453 e. The molecule has 1 amide bonds. The van der Waals surface area contributed by atoms with Gasteiger partial charge in [-0.1, -0.05) is 30.3 Å². The molecule has 3 aromatic rings. The molecule has 0 saturated carbocycles. The highest BCUT2D eigenvalue weighted by atomic mass is 35.5. The normalized spacial score (nSPS) is 18.5. The summed E-state index contributed by atoms with van der Waals surface area (Å²) in [5, 5.41) is 13.3. The minimum absolute atomic E-state index is 0. The van der Waals surface area contributed by atoms with E-state index in [-0.39, 0.29) is 41.7 Å². The number of nitrogens with zero attached hydrogens (tertiary/aromatic N) is 5. The molecular formula is C24H28ClF3N6O3S. The summed E-state index contributed by atoms with van der Waals surface area (Å²) in [4.78, 5) is 14.3. The van der Waals surface area contributed by atoms with Crippen molar-refractivity contribution in [3.63, 3.8) is 0 Å². The Hall–Kier alpha value is -3.03. The SMILES string of the molecule is COc1ccc(-n2nnnc2C(F)(F)F)cc1CN[C@H]1CCN(C(=O)CS(C)=O)C[C@H]1c1ccccc1.Cl. The van der Waals surface area contributed by atoms with Gasteiger partial charge in [0.2, 0.25) is 5.91 Å². The second-order valence-corrected chi connectivity index (χ2v) is 10.2. The number of rotatable bonds is 8. The number of tetrazole rings is 1. The average Bonchev–Trinajstić information content (AvgIpc) is 3.38. The number of hydrogen-bond acceptors (Lipinski definition) is 7. The van der Waals surface area contributed by atoms with Crippen LogP contribution in [0, 0.1) is 0 Å². The van der Waals surface area contributed by atoms with Gasteiger partial charge in [-0.2, -0.15) is 17.9 Å². The Morgan fingerprint density at radius 3 is 2.61 bits per heavy atom. The van der Waals surface area contributed by atoms with Crippen LogP contribution in [0.2, 0.25) is 0 Å². The van der Waals surface area contributed by atoms with Crippen molar-refractivity contribution < 1.29 is 26.9 Å². The topological polar surface area (TPSA) is 102 Å². The Morgan fingerprint density at radius 2 is 1.95 bits per heavy atom. The molecule has 1 aromatic heterocycles. The average molecular weight is 573 g/mol. The molecule has 1 aliphatic heterocycles. The zero-order chi connectivity index (χ0) is 26.6. The van der Waals surface area contributed by atoms with Crippen LogP contribution >= 0.6 is 12.4 Å². The van der Waals surface area contributed by atoms with E-state index < -0.39 is 22.8 Å². The van der Waals surface area contributed by atoms with E-state index in [1.165, 1.54) is 19.4 Å². The first-order valence-corrected chi connectivity index (χ1v) is 13.3. The van der Waals surface area contributed by atoms with Crippen molar-refractivity contribution in [2.24, 2.45) is 0 Å². The van der Waals surface area contributed by atoms with Gasteiger partial charge in [0.1, 0.15) is 11.5 Å². The molecular weight excluding hydrogens is 545 g/mol. The molecule has 0 bridgehead atoms. The van der Waals surface area contributed by atoms with Crippen molar-refractivity contribution in [2.45, 2.75) is 31.1 Å². The van der Waals surface area contributed by atoms with E-state index in [0.29, 0.717) is 42.0 Å². The number of hydrogen-bond donors (Lipinski definition) is 1. The second-order valence-electron chi connectivity index (χ2n) is 8.76. The van der Waals surface area contributed by atoms with Crippen LogP contribution in [0.4, 0.5) is 13.2 Å². The first kappa shape index (κ1) is 29.5. The van der Waals surface area contributed by atoms with E-state index in [0.717, 1.165) is 5.56 Å². The van der Waals surface area contributed by atoms with Gasteiger partial charge in [-0.3, -0.25) is 9.00 Å². The lowest BCUT2D eigenvalue weighted by molar-refractivity contribution is -0.146. The fourth-order valence-corrected chi connectivity index (χ4v) is 5.07. The minimum atomic E-state index is -4.71. The molecule has 3 atom stereocenters. The molecule has 1 fully saturated rings. The van der Waals surface area contributed by atoms with Crippen LogP contribution in [0.3, 0.4) is 0 Å². The number of benzene rings is 2. The van der Waals surface area contributed by atoms with E-state index in [1.54, 1.807) is 17.0 Å². The fraction of sp³-hybridized carbons (Fsp3) is 0.417. The quantitative estimate of drug-likeness (QED) is 0.443. The van der Waals surface area contributed by atoms with E-state index in [4.69, 9.17) is 4.74 Å². The Kier molecular flexibility index (Phi) is 9.85. The molecule has 2 aromatic carbocycles. The third-order valence-corrected chi connectivity index (χ3v) is 6.96. The van der Waals surface area contributed by atoms with Crippen molar-refractivity contribution in [3.05, 3.63) is 65.5 Å². The summed E-state index contributed by atoms with van der Waals surface area (Å²) in [7, 11) is 0.268. The molecule has 38 heavy (non-hydrogen) atoms. The number of halogens is 4. The number of ether oxygens (including phenoxy) is 1. The van der Waals surface area contributed by atoms with E-state index in [2.05, 4.69) is 20.8 Å². The second kappa shape index (κ2) is 12.7. The van der Waals surface area contributed by atoms with Gasteiger partial charge < -0.3 is 15.0 Å². The Balaban J connectivity index is 0.00000400. The maximum atomic E-state index is 13.3. The smallest absolute Gasteiger partial charge is 0.453 e. The highest BCUT2D eigenvalue weighted by Gasteiger charge is 2.38. The highest BCUT2D eigenvalue weighted by molar-refractivity contribution is 7.85. The van der Waals surface area contributed by atoms with Gasteiger partial charge in [-0.25, -0.2) is 0 Å². The number of alkyl halides is 3. The van der Waals surface area contributed by atoms with Crippen LogP contribution in [0.25, 0.3) is 5.69 Å². The molecule has 0 radical (unpaired) electrons. The lowest BCUT2D eigenvalue weighted by atomic mass is 9.85. The zero-order valence-corrected chi connectivity index (χ0v) is 22.4. The van der Waals surface area contributed by atoms with Crippen molar-refractivity contribution in [2.75, 3.05) is 32.2 Å². The first-order chi connectivity index (χ1) is 17.7. The predicted octanol–water partition coefficient (Wildman–Crippen LogP) is 2.96. The van der Waals surface area contributed by atoms with E-state index >= 15 is 0 Å². The van der Waals surface area contributed by atoms with Crippen molar-refractivity contribution in [3.8, 4) is 11.4 Å². The molecule has 1 unspecified atom stereocenters. The number of carbonyl (C=O) groups excluding carboxylic acids is 1. The first-order valence-electron chi connectivity index (χ1n) is 11.6. The summed E-state index contributed by atoms with van der Waals surface area (Å²) in [6, 6.07) is 14.4. The minimum Gasteiger partial charge on any atom is -0.496 e. The maximum absolute atomic E-state index is 13.3. The molecule has 14 heteroatoms. The van der Waals surface area contributed by atoms with E-state index in [9.17, 15) is 22.2 Å². The van der Waals surface area contributed by atoms with Gasteiger partial charge in [0.15, 0.2) is 0 Å². The third-order valence-electron chi connectivity index (χ3n) is 6.31. The van der Waals surface area contributed by atoms with Gasteiger partial charge in [-0.05, 0) is 40.6 Å². The third kappa shape index (κ3) is 6.88. The molecule has 0 spiro atoms. The van der Waals surface area contributed by atoms with Gasteiger partial charge in [-0.15, -0.1) is 17.5 Å². The number of carbonyl (C=O) groups is 1. The summed E-state index contributed by atoms with van der Waals surface area (Å²) in [5.41, 5.74) is 1.84. The monoisotopic (exact) mass is 572 g/mol.